The van der Waals surface area contributed by atoms with E-state index in [1.165, 1.54) is 44.9 Å². The monoisotopic (exact) mass is 785 g/mol. The summed E-state index contributed by atoms with van der Waals surface area (Å²) in [5, 5.41) is 19.1. The van der Waals surface area contributed by atoms with Gasteiger partial charge in [-0.15, -0.1) is 0 Å². The van der Waals surface area contributed by atoms with Gasteiger partial charge in [-0.1, -0.05) is 133 Å². The molecule has 0 aliphatic carbocycles. The normalized spacial score (nSPS) is 14.4. The highest BCUT2D eigenvalue weighted by Gasteiger charge is 2.27. The van der Waals surface area contributed by atoms with E-state index >= 15 is 0 Å². The molecule has 3 atom stereocenters. The molecule has 3 unspecified atom stereocenters. The molecule has 0 saturated carbocycles. The lowest BCUT2D eigenvalue weighted by molar-refractivity contribution is -0.153. The van der Waals surface area contributed by atoms with Crippen molar-refractivity contribution >= 4 is 19.8 Å². The number of allylic oxidation sites excluding steroid dienone is 8. The Morgan fingerprint density at radius 1 is 0.500 bits per heavy atom. The molecule has 0 heterocycles. The molecule has 0 rings (SSSR count). The van der Waals surface area contributed by atoms with Crippen molar-refractivity contribution in [2.24, 2.45) is 0 Å². The Labute approximate surface area is 328 Å². The first-order valence-corrected chi connectivity index (χ1v) is 22.6. The fraction of sp³-hybridized carbons (Fsp3) is 0.767. The van der Waals surface area contributed by atoms with Crippen molar-refractivity contribution < 1.29 is 47.8 Å². The van der Waals surface area contributed by atoms with Crippen molar-refractivity contribution in [2.45, 2.75) is 187 Å². The number of ether oxygens (including phenoxy) is 2. The van der Waals surface area contributed by atoms with Crippen LogP contribution in [0.3, 0.4) is 0 Å². The van der Waals surface area contributed by atoms with Crippen LogP contribution in [0.2, 0.25) is 0 Å². The summed E-state index contributed by atoms with van der Waals surface area (Å²) in [4.78, 5) is 34.4. The zero-order valence-corrected chi connectivity index (χ0v) is 34.8. The Morgan fingerprint density at radius 2 is 0.815 bits per heavy atom. The second kappa shape index (κ2) is 39.2. The van der Waals surface area contributed by atoms with Crippen LogP contribution in [-0.4, -0.2) is 65.7 Å². The van der Waals surface area contributed by atoms with Gasteiger partial charge in [-0.05, 0) is 77.0 Å². The van der Waals surface area contributed by atoms with Crippen molar-refractivity contribution in [2.75, 3.05) is 26.4 Å². The highest BCUT2D eigenvalue weighted by Crippen LogP contribution is 2.43. The van der Waals surface area contributed by atoms with Gasteiger partial charge < -0.3 is 24.6 Å². The van der Waals surface area contributed by atoms with E-state index in [0.717, 1.165) is 89.9 Å². The Hall–Kier alpha value is -2.07. The van der Waals surface area contributed by atoms with E-state index in [9.17, 15) is 29.3 Å². The van der Waals surface area contributed by atoms with Crippen LogP contribution >= 0.6 is 7.82 Å². The molecule has 0 radical (unpaired) electrons. The first-order chi connectivity index (χ1) is 26.3. The number of hydrogen-bond donors (Lipinski definition) is 3. The molecule has 54 heavy (non-hydrogen) atoms. The van der Waals surface area contributed by atoms with E-state index < -0.39 is 58.4 Å². The van der Waals surface area contributed by atoms with E-state index in [1.54, 1.807) is 0 Å². The molecule has 0 bridgehead atoms. The average molecular weight is 785 g/mol. The molecular formula is C43H77O10P. The van der Waals surface area contributed by atoms with Crippen LogP contribution in [-0.2, 0) is 32.7 Å². The van der Waals surface area contributed by atoms with E-state index in [-0.39, 0.29) is 12.8 Å². The maximum absolute atomic E-state index is 12.3. The van der Waals surface area contributed by atoms with Gasteiger partial charge >= 0.3 is 19.8 Å². The van der Waals surface area contributed by atoms with Crippen LogP contribution in [0.4, 0.5) is 0 Å². The largest absolute Gasteiger partial charge is 0.472 e. The van der Waals surface area contributed by atoms with Crippen LogP contribution in [0.5, 0.6) is 0 Å². The van der Waals surface area contributed by atoms with Gasteiger partial charge in [0.25, 0.3) is 0 Å². The van der Waals surface area contributed by atoms with Gasteiger partial charge in [0, 0.05) is 12.8 Å². The van der Waals surface area contributed by atoms with Crippen LogP contribution in [0.25, 0.3) is 0 Å². The number of unbranched alkanes of at least 4 members (excludes halogenated alkanes) is 17. The summed E-state index contributed by atoms with van der Waals surface area (Å²) in [6.07, 6.45) is 40.8. The van der Waals surface area contributed by atoms with E-state index in [2.05, 4.69) is 62.5 Å². The number of hydrogen-bond acceptors (Lipinski definition) is 9. The smallest absolute Gasteiger partial charge is 0.457 e. The molecule has 0 aliphatic heterocycles. The Bertz CT molecular complexity index is 1040. The second-order valence-electron chi connectivity index (χ2n) is 14.0. The van der Waals surface area contributed by atoms with E-state index in [1.807, 2.05) is 0 Å². The predicted octanol–water partition coefficient (Wildman–Crippen LogP) is 10.9. The van der Waals surface area contributed by atoms with Gasteiger partial charge in [0.2, 0.25) is 0 Å². The molecule has 0 aromatic rings. The van der Waals surface area contributed by atoms with Crippen molar-refractivity contribution in [3.8, 4) is 0 Å². The van der Waals surface area contributed by atoms with Gasteiger partial charge in [0.05, 0.1) is 26.4 Å². The summed E-state index contributed by atoms with van der Waals surface area (Å²) in [5.74, 6) is -1.04. The fourth-order valence-corrected chi connectivity index (χ4v) is 6.25. The van der Waals surface area contributed by atoms with Crippen molar-refractivity contribution in [1.82, 2.24) is 0 Å². The van der Waals surface area contributed by atoms with Gasteiger partial charge in [0.15, 0.2) is 0 Å². The maximum Gasteiger partial charge on any atom is 0.472 e. The SMILES string of the molecule is CCCCC/C=C\C/C=C\C/C=C\CCCCCCCCC(=O)OC(CO)COP(=O)(O)OCC(CO)OC(=O)CCCCCCC/C=C\CCCCC. The van der Waals surface area contributed by atoms with Crippen LogP contribution < -0.4 is 0 Å². The second-order valence-corrected chi connectivity index (χ2v) is 15.4. The van der Waals surface area contributed by atoms with Crippen LogP contribution in [0.1, 0.15) is 174 Å². The minimum Gasteiger partial charge on any atom is -0.457 e. The number of esters is 2. The number of aliphatic hydroxyl groups excluding tert-OH is 2. The molecule has 0 aromatic carbocycles. The van der Waals surface area contributed by atoms with Gasteiger partial charge in [-0.25, -0.2) is 4.57 Å². The number of rotatable bonds is 39. The molecule has 0 fully saturated rings. The average Bonchev–Trinajstić information content (AvgIpc) is 3.16. The zero-order chi connectivity index (χ0) is 39.8. The fourth-order valence-electron chi connectivity index (χ4n) is 5.47. The lowest BCUT2D eigenvalue weighted by atomic mass is 10.1. The zero-order valence-electron chi connectivity index (χ0n) is 33.9. The number of carbonyl (C=O) groups excluding carboxylic acids is 2. The van der Waals surface area contributed by atoms with Crippen molar-refractivity contribution in [3.63, 3.8) is 0 Å². The summed E-state index contributed by atoms with van der Waals surface area (Å²) in [5.41, 5.74) is 0. The first-order valence-electron chi connectivity index (χ1n) is 21.1. The summed E-state index contributed by atoms with van der Waals surface area (Å²) in [7, 11) is -4.64. The lowest BCUT2D eigenvalue weighted by Gasteiger charge is -2.20. The number of phosphoric acid groups is 1. The summed E-state index contributed by atoms with van der Waals surface area (Å²) < 4.78 is 32.5. The molecule has 11 heteroatoms. The van der Waals surface area contributed by atoms with Gasteiger partial charge in [-0.2, -0.15) is 0 Å². The first kappa shape index (κ1) is 51.9. The molecule has 0 aliphatic rings. The van der Waals surface area contributed by atoms with Gasteiger partial charge in [0.1, 0.15) is 12.2 Å². The minimum atomic E-state index is -4.64. The highest BCUT2D eigenvalue weighted by molar-refractivity contribution is 7.47. The lowest BCUT2D eigenvalue weighted by Crippen LogP contribution is -2.28. The molecule has 0 aromatic heterocycles. The molecule has 10 nitrogen and oxygen atoms in total. The number of phosphoric ester groups is 1. The van der Waals surface area contributed by atoms with Crippen LogP contribution in [0, 0.1) is 0 Å². The van der Waals surface area contributed by atoms with E-state index in [0.29, 0.717) is 12.8 Å². The standard InChI is InChI=1S/C43H77O10P/c1-3-5-7-9-11-13-15-17-18-19-20-21-22-23-25-27-29-31-33-35-43(47)53-41(37-45)39-51-54(48,49)50-38-40(36-44)52-42(46)34-32-30-28-26-24-16-14-12-10-8-6-4-2/h11-14,17-18,20-21,40-41,44-45H,3-10,15-16,19,22-39H2,1-2H3,(H,48,49)/b13-11-,14-12-,18-17-,21-20-. The van der Waals surface area contributed by atoms with E-state index in [4.69, 9.17) is 18.5 Å². The number of carbonyl (C=O) groups is 2. The third-order valence-electron chi connectivity index (χ3n) is 8.76. The van der Waals surface area contributed by atoms with Crippen molar-refractivity contribution in [1.29, 1.82) is 0 Å². The third kappa shape index (κ3) is 36.9. The quantitative estimate of drug-likeness (QED) is 0.0238. The summed E-state index contributed by atoms with van der Waals surface area (Å²) in [6.45, 7) is 2.12. The molecule has 0 saturated heterocycles. The minimum absolute atomic E-state index is 0.176. The third-order valence-corrected chi connectivity index (χ3v) is 9.71. The highest BCUT2D eigenvalue weighted by atomic mass is 31.2. The molecular weight excluding hydrogens is 707 g/mol. The Kier molecular flexibility index (Phi) is 37.7. The molecule has 3 N–H and O–H groups in total. The maximum atomic E-state index is 12.3. The Morgan fingerprint density at radius 3 is 1.19 bits per heavy atom. The summed E-state index contributed by atoms with van der Waals surface area (Å²) >= 11 is 0. The van der Waals surface area contributed by atoms with Crippen LogP contribution in [0.15, 0.2) is 48.6 Å². The summed E-state index contributed by atoms with van der Waals surface area (Å²) in [6, 6.07) is 0. The molecule has 0 spiro atoms. The molecule has 0 amide bonds. The topological polar surface area (TPSA) is 149 Å². The molecule has 314 valence electrons. The Balaban J connectivity index is 3.96. The van der Waals surface area contributed by atoms with Gasteiger partial charge in [-0.3, -0.25) is 18.6 Å². The number of aliphatic hydroxyl groups is 2. The predicted molar refractivity (Wildman–Crippen MR) is 219 cm³/mol. The van der Waals surface area contributed by atoms with Crippen molar-refractivity contribution in [3.05, 3.63) is 48.6 Å².